The van der Waals surface area contributed by atoms with Gasteiger partial charge in [-0.2, -0.15) is 0 Å². The summed E-state index contributed by atoms with van der Waals surface area (Å²) in [4.78, 5) is 4.99. The van der Waals surface area contributed by atoms with Crippen molar-refractivity contribution in [2.75, 3.05) is 39.4 Å². The molecule has 3 nitrogen and oxygen atoms in total. The van der Waals surface area contributed by atoms with Crippen molar-refractivity contribution in [1.82, 2.24) is 9.80 Å². The molecule has 0 aliphatic carbocycles. The summed E-state index contributed by atoms with van der Waals surface area (Å²) in [6.07, 6.45) is 17.3. The van der Waals surface area contributed by atoms with Crippen LogP contribution in [0.3, 0.4) is 0 Å². The van der Waals surface area contributed by atoms with Crippen molar-refractivity contribution < 1.29 is 4.74 Å². The maximum Gasteiger partial charge on any atom is 0.0863 e. The largest absolute Gasteiger partial charge is 0.374 e. The average Bonchev–Trinajstić information content (AvgIpc) is 2.66. The molecule has 0 spiro atoms. The first-order chi connectivity index (χ1) is 12.7. The molecule has 0 N–H and O–H groups in total. The van der Waals surface area contributed by atoms with Crippen LogP contribution < -0.4 is 0 Å². The topological polar surface area (TPSA) is 15.7 Å². The van der Waals surface area contributed by atoms with Gasteiger partial charge in [-0.25, -0.2) is 0 Å². The second-order valence-electron chi connectivity index (χ2n) is 7.20. The molecule has 156 valence electrons. The van der Waals surface area contributed by atoms with E-state index in [9.17, 15) is 0 Å². The molecule has 3 heteroatoms. The van der Waals surface area contributed by atoms with Crippen LogP contribution in [0.4, 0.5) is 0 Å². The Kier molecular flexibility index (Phi) is 19.1. The zero-order chi connectivity index (χ0) is 19.5. The molecule has 0 rings (SSSR count). The molecule has 26 heavy (non-hydrogen) atoms. The molecule has 0 aromatic heterocycles. The molecular weight excluding hydrogens is 320 g/mol. The molecule has 0 saturated carbocycles. The molecule has 0 heterocycles. The molecule has 0 fully saturated rings. The Balaban J connectivity index is 3.80. The van der Waals surface area contributed by atoms with E-state index in [-0.39, 0.29) is 0 Å². The van der Waals surface area contributed by atoms with Crippen molar-refractivity contribution in [3.05, 3.63) is 12.2 Å². The number of nitrogens with zero attached hydrogens (tertiary/aromatic N) is 2. The monoisotopic (exact) mass is 368 g/mol. The summed E-state index contributed by atoms with van der Waals surface area (Å²) in [6, 6.07) is 0. The van der Waals surface area contributed by atoms with Crippen molar-refractivity contribution in [3.63, 3.8) is 0 Å². The standard InChI is InChI=1S/C23H48N2O/c1-6-11-12-13-14-15-16-17-18-19-20-21-26-22-23(24(7-2)8-3)25(9-4)10-5/h19-20,23H,6-18,21-22H2,1-5H3. The zero-order valence-corrected chi connectivity index (χ0v) is 18.6. The highest BCUT2D eigenvalue weighted by atomic mass is 16.5. The quantitative estimate of drug-likeness (QED) is 0.156. The molecule has 0 aromatic rings. The lowest BCUT2D eigenvalue weighted by molar-refractivity contribution is -0.0114. The van der Waals surface area contributed by atoms with Gasteiger partial charge < -0.3 is 4.74 Å². The highest BCUT2D eigenvalue weighted by molar-refractivity contribution is 4.81. The van der Waals surface area contributed by atoms with Crippen molar-refractivity contribution in [2.24, 2.45) is 0 Å². The minimum atomic E-state index is 0.404. The molecule has 0 aromatic carbocycles. The Morgan fingerprint density at radius 1 is 0.654 bits per heavy atom. The molecule has 0 bridgehead atoms. The number of rotatable bonds is 19. The third-order valence-corrected chi connectivity index (χ3v) is 5.34. The lowest BCUT2D eigenvalue weighted by Gasteiger charge is -2.37. The van der Waals surface area contributed by atoms with Gasteiger partial charge in [-0.05, 0) is 39.0 Å². The number of likely N-dealkylation sites (N-methyl/N-ethyl adjacent to an activating group) is 2. The van der Waals surface area contributed by atoms with Crippen LogP contribution in [0.5, 0.6) is 0 Å². The average molecular weight is 369 g/mol. The summed E-state index contributed by atoms with van der Waals surface area (Å²) in [5.41, 5.74) is 0. The minimum absolute atomic E-state index is 0.404. The Morgan fingerprint density at radius 2 is 1.15 bits per heavy atom. The number of ether oxygens (including phenoxy) is 1. The predicted octanol–water partition coefficient (Wildman–Crippen LogP) is 6.10. The summed E-state index contributed by atoms with van der Waals surface area (Å²) in [7, 11) is 0. The van der Waals surface area contributed by atoms with E-state index in [1.165, 1.54) is 57.8 Å². The van der Waals surface area contributed by atoms with Crippen LogP contribution in [0.15, 0.2) is 12.2 Å². The summed E-state index contributed by atoms with van der Waals surface area (Å²) < 4.78 is 5.98. The molecule has 0 aliphatic heterocycles. The highest BCUT2D eigenvalue weighted by Crippen LogP contribution is 2.10. The van der Waals surface area contributed by atoms with Crippen LogP contribution in [0.1, 0.15) is 92.4 Å². The molecule has 0 atom stereocenters. The van der Waals surface area contributed by atoms with Crippen molar-refractivity contribution >= 4 is 0 Å². The normalized spacial score (nSPS) is 12.3. The fraction of sp³-hybridized carbons (Fsp3) is 0.913. The summed E-state index contributed by atoms with van der Waals surface area (Å²) in [5, 5.41) is 0. The molecular formula is C23H48N2O. The molecule has 0 saturated heterocycles. The van der Waals surface area contributed by atoms with E-state index in [0.717, 1.165) is 39.4 Å². The van der Waals surface area contributed by atoms with Gasteiger partial charge in [0.15, 0.2) is 0 Å². The molecule has 0 unspecified atom stereocenters. The van der Waals surface area contributed by atoms with Crippen molar-refractivity contribution in [1.29, 1.82) is 0 Å². The van der Waals surface area contributed by atoms with Crippen LogP contribution in [-0.4, -0.2) is 55.4 Å². The smallest absolute Gasteiger partial charge is 0.0863 e. The van der Waals surface area contributed by atoms with Gasteiger partial charge in [0.2, 0.25) is 0 Å². The Morgan fingerprint density at radius 3 is 1.65 bits per heavy atom. The lowest BCUT2D eigenvalue weighted by atomic mass is 10.1. The zero-order valence-electron chi connectivity index (χ0n) is 18.6. The molecule has 0 amide bonds. The molecule has 0 radical (unpaired) electrons. The third-order valence-electron chi connectivity index (χ3n) is 5.34. The second-order valence-corrected chi connectivity index (χ2v) is 7.20. The maximum absolute atomic E-state index is 5.98. The Bertz CT molecular complexity index is 287. The van der Waals surface area contributed by atoms with Crippen LogP contribution in [-0.2, 0) is 4.74 Å². The van der Waals surface area contributed by atoms with Gasteiger partial charge in [-0.3, -0.25) is 9.80 Å². The summed E-state index contributed by atoms with van der Waals surface area (Å²) in [6.45, 7) is 17.1. The second kappa shape index (κ2) is 19.4. The first-order valence-electron chi connectivity index (χ1n) is 11.5. The Hall–Kier alpha value is -0.380. The summed E-state index contributed by atoms with van der Waals surface area (Å²) in [5.74, 6) is 0. The number of allylic oxidation sites excluding steroid dienone is 1. The van der Waals surface area contributed by atoms with Gasteiger partial charge in [0.1, 0.15) is 0 Å². The van der Waals surface area contributed by atoms with Crippen LogP contribution in [0.2, 0.25) is 0 Å². The maximum atomic E-state index is 5.98. The van der Waals surface area contributed by atoms with E-state index in [1.54, 1.807) is 0 Å². The number of hydrogen-bond acceptors (Lipinski definition) is 3. The predicted molar refractivity (Wildman–Crippen MR) is 117 cm³/mol. The van der Waals surface area contributed by atoms with E-state index in [1.807, 2.05) is 0 Å². The first-order valence-corrected chi connectivity index (χ1v) is 11.5. The third kappa shape index (κ3) is 12.9. The minimum Gasteiger partial charge on any atom is -0.374 e. The van der Waals surface area contributed by atoms with E-state index in [0.29, 0.717) is 6.17 Å². The van der Waals surface area contributed by atoms with Gasteiger partial charge >= 0.3 is 0 Å². The van der Waals surface area contributed by atoms with Crippen LogP contribution in [0.25, 0.3) is 0 Å². The van der Waals surface area contributed by atoms with Gasteiger partial charge in [0.05, 0.1) is 19.4 Å². The number of unbranched alkanes of at least 4 members (excludes halogenated alkanes) is 8. The van der Waals surface area contributed by atoms with Crippen molar-refractivity contribution in [2.45, 2.75) is 98.6 Å². The fourth-order valence-corrected chi connectivity index (χ4v) is 3.56. The van der Waals surface area contributed by atoms with Gasteiger partial charge in [0, 0.05) is 0 Å². The molecule has 0 aliphatic rings. The summed E-state index contributed by atoms with van der Waals surface area (Å²) >= 11 is 0. The van der Waals surface area contributed by atoms with E-state index in [2.05, 4.69) is 56.6 Å². The van der Waals surface area contributed by atoms with Gasteiger partial charge in [0.25, 0.3) is 0 Å². The van der Waals surface area contributed by atoms with E-state index in [4.69, 9.17) is 4.74 Å². The van der Waals surface area contributed by atoms with Crippen LogP contribution in [0, 0.1) is 0 Å². The SMILES string of the molecule is CCCCCCCCCCC=CCOCC(N(CC)CC)N(CC)CC. The highest BCUT2D eigenvalue weighted by Gasteiger charge is 2.20. The first kappa shape index (κ1) is 25.6. The number of hydrogen-bond donors (Lipinski definition) is 0. The van der Waals surface area contributed by atoms with Gasteiger partial charge in [-0.1, -0.05) is 91.7 Å². The Labute approximate surface area is 165 Å². The van der Waals surface area contributed by atoms with Crippen LogP contribution >= 0.6 is 0 Å². The van der Waals surface area contributed by atoms with Gasteiger partial charge in [-0.15, -0.1) is 0 Å². The van der Waals surface area contributed by atoms with E-state index < -0.39 is 0 Å². The van der Waals surface area contributed by atoms with E-state index >= 15 is 0 Å². The fourth-order valence-electron chi connectivity index (χ4n) is 3.56. The lowest BCUT2D eigenvalue weighted by Crippen LogP contribution is -2.51. The van der Waals surface area contributed by atoms with Crippen molar-refractivity contribution in [3.8, 4) is 0 Å².